The number of hydrogen-bond donors (Lipinski definition) is 3. The third-order valence-electron chi connectivity index (χ3n) is 3.87. The van der Waals surface area contributed by atoms with Gasteiger partial charge in [0.05, 0.1) is 6.04 Å². The molecule has 4 nitrogen and oxygen atoms in total. The molecule has 22 heavy (non-hydrogen) atoms. The molecule has 2 aromatic carbocycles. The monoisotopic (exact) mass is 317 g/mol. The van der Waals surface area contributed by atoms with Crippen LogP contribution in [0.2, 0.25) is 5.02 Å². The SMILES string of the molecule is Cc1cc(Cl)ccc1OCC1CC(c2cccc(N)c2)NN1. The lowest BCUT2D eigenvalue weighted by Crippen LogP contribution is -2.34. The average molecular weight is 318 g/mol. The number of benzene rings is 2. The minimum atomic E-state index is 0.251. The van der Waals surface area contributed by atoms with Crippen LogP contribution >= 0.6 is 11.6 Å². The summed E-state index contributed by atoms with van der Waals surface area (Å²) in [5, 5.41) is 0.729. The molecule has 0 radical (unpaired) electrons. The summed E-state index contributed by atoms with van der Waals surface area (Å²) in [6.45, 7) is 2.60. The Morgan fingerprint density at radius 3 is 2.86 bits per heavy atom. The summed E-state index contributed by atoms with van der Waals surface area (Å²) in [5.41, 5.74) is 15.5. The van der Waals surface area contributed by atoms with E-state index in [-0.39, 0.29) is 12.1 Å². The summed E-state index contributed by atoms with van der Waals surface area (Å²) in [5.74, 6) is 0.874. The fraction of sp³-hybridized carbons (Fsp3) is 0.294. The van der Waals surface area contributed by atoms with E-state index in [0.29, 0.717) is 6.61 Å². The maximum atomic E-state index is 5.96. The van der Waals surface area contributed by atoms with Crippen molar-refractivity contribution in [1.82, 2.24) is 10.9 Å². The molecule has 1 heterocycles. The Hall–Kier alpha value is -1.75. The van der Waals surface area contributed by atoms with Crippen molar-refractivity contribution < 1.29 is 4.74 Å². The van der Waals surface area contributed by atoms with Crippen molar-refractivity contribution in [3.8, 4) is 5.75 Å². The molecule has 0 amide bonds. The number of hydrazine groups is 1. The molecular formula is C17H20ClN3O. The molecule has 1 aliphatic heterocycles. The van der Waals surface area contributed by atoms with Gasteiger partial charge in [-0.25, -0.2) is 5.43 Å². The normalized spacial score (nSPS) is 21.0. The molecule has 1 saturated heterocycles. The second-order valence-electron chi connectivity index (χ2n) is 5.66. The molecule has 5 heteroatoms. The topological polar surface area (TPSA) is 59.3 Å². The first kappa shape index (κ1) is 15.2. The predicted octanol–water partition coefficient (Wildman–Crippen LogP) is 3.22. The van der Waals surface area contributed by atoms with Crippen LogP contribution < -0.4 is 21.3 Å². The van der Waals surface area contributed by atoms with Crippen LogP contribution in [0, 0.1) is 6.92 Å². The summed E-state index contributed by atoms with van der Waals surface area (Å²) in [6.07, 6.45) is 0.954. The number of nitrogens with one attached hydrogen (secondary N) is 2. The fourth-order valence-electron chi connectivity index (χ4n) is 2.69. The number of nitrogens with two attached hydrogens (primary N) is 1. The Bertz CT molecular complexity index is 662. The number of hydrogen-bond acceptors (Lipinski definition) is 4. The molecule has 2 aromatic rings. The van der Waals surface area contributed by atoms with Crippen molar-refractivity contribution in [2.75, 3.05) is 12.3 Å². The summed E-state index contributed by atoms with van der Waals surface area (Å²) >= 11 is 5.96. The van der Waals surface area contributed by atoms with E-state index in [1.54, 1.807) is 0 Å². The highest BCUT2D eigenvalue weighted by molar-refractivity contribution is 6.30. The molecule has 0 saturated carbocycles. The van der Waals surface area contributed by atoms with Gasteiger partial charge in [-0.3, -0.25) is 5.43 Å². The number of aryl methyl sites for hydroxylation is 1. The van der Waals surface area contributed by atoms with E-state index in [1.807, 2.05) is 43.3 Å². The van der Waals surface area contributed by atoms with Gasteiger partial charge >= 0.3 is 0 Å². The Morgan fingerprint density at radius 2 is 2.09 bits per heavy atom. The Kier molecular flexibility index (Phi) is 4.52. The van der Waals surface area contributed by atoms with Crippen molar-refractivity contribution in [1.29, 1.82) is 0 Å². The zero-order valence-electron chi connectivity index (χ0n) is 12.5. The van der Waals surface area contributed by atoms with Gasteiger partial charge in [-0.15, -0.1) is 0 Å². The highest BCUT2D eigenvalue weighted by atomic mass is 35.5. The maximum absolute atomic E-state index is 5.96. The number of ether oxygens (including phenoxy) is 1. The van der Waals surface area contributed by atoms with E-state index in [4.69, 9.17) is 22.1 Å². The lowest BCUT2D eigenvalue weighted by atomic mass is 10.0. The van der Waals surface area contributed by atoms with Crippen LogP contribution in [0.15, 0.2) is 42.5 Å². The summed E-state index contributed by atoms with van der Waals surface area (Å²) < 4.78 is 5.90. The first-order valence-corrected chi connectivity index (χ1v) is 7.75. The van der Waals surface area contributed by atoms with Gasteiger partial charge in [0.25, 0.3) is 0 Å². The maximum Gasteiger partial charge on any atom is 0.122 e. The third-order valence-corrected chi connectivity index (χ3v) is 4.11. The number of rotatable bonds is 4. The summed E-state index contributed by atoms with van der Waals surface area (Å²) in [6, 6.07) is 14.1. The number of nitrogen functional groups attached to an aromatic ring is 1. The van der Waals surface area contributed by atoms with Crippen molar-refractivity contribution in [3.05, 3.63) is 58.6 Å². The van der Waals surface area contributed by atoms with Gasteiger partial charge in [0.2, 0.25) is 0 Å². The lowest BCUT2D eigenvalue weighted by molar-refractivity contribution is 0.271. The first-order chi connectivity index (χ1) is 10.6. The second-order valence-corrected chi connectivity index (χ2v) is 6.10. The van der Waals surface area contributed by atoms with Gasteiger partial charge in [0.1, 0.15) is 12.4 Å². The minimum absolute atomic E-state index is 0.251. The largest absolute Gasteiger partial charge is 0.492 e. The molecule has 3 rings (SSSR count). The average Bonchev–Trinajstić information content (AvgIpc) is 2.95. The fourth-order valence-corrected chi connectivity index (χ4v) is 2.92. The second kappa shape index (κ2) is 6.57. The van der Waals surface area contributed by atoms with E-state index in [2.05, 4.69) is 16.9 Å². The molecule has 0 aromatic heterocycles. The quantitative estimate of drug-likeness (QED) is 0.758. The van der Waals surface area contributed by atoms with Crippen molar-refractivity contribution >= 4 is 17.3 Å². The van der Waals surface area contributed by atoms with Crippen molar-refractivity contribution in [2.24, 2.45) is 0 Å². The molecule has 0 bridgehead atoms. The Labute approximate surface area is 135 Å². The highest BCUT2D eigenvalue weighted by Gasteiger charge is 2.25. The van der Waals surface area contributed by atoms with Crippen LogP contribution in [0.4, 0.5) is 5.69 Å². The summed E-state index contributed by atoms with van der Waals surface area (Å²) in [7, 11) is 0. The van der Waals surface area contributed by atoms with Crippen molar-refractivity contribution in [2.45, 2.75) is 25.4 Å². The van der Waals surface area contributed by atoms with Gasteiger partial charge in [0, 0.05) is 16.8 Å². The Morgan fingerprint density at radius 1 is 1.23 bits per heavy atom. The Balaban J connectivity index is 1.57. The smallest absolute Gasteiger partial charge is 0.122 e. The minimum Gasteiger partial charge on any atom is -0.492 e. The van der Waals surface area contributed by atoms with Gasteiger partial charge in [-0.2, -0.15) is 0 Å². The van der Waals surface area contributed by atoms with Gasteiger partial charge in [-0.05, 0) is 54.8 Å². The van der Waals surface area contributed by atoms with E-state index in [0.717, 1.165) is 28.4 Å². The molecule has 2 atom stereocenters. The van der Waals surface area contributed by atoms with E-state index in [1.165, 1.54) is 5.56 Å². The molecule has 2 unspecified atom stereocenters. The van der Waals surface area contributed by atoms with Crippen LogP contribution in [-0.4, -0.2) is 12.6 Å². The third kappa shape index (κ3) is 3.53. The van der Waals surface area contributed by atoms with Crippen LogP contribution in [0.3, 0.4) is 0 Å². The molecule has 1 fully saturated rings. The van der Waals surface area contributed by atoms with Crippen LogP contribution in [-0.2, 0) is 0 Å². The highest BCUT2D eigenvalue weighted by Crippen LogP contribution is 2.25. The molecule has 0 spiro atoms. The van der Waals surface area contributed by atoms with Crippen LogP contribution in [0.25, 0.3) is 0 Å². The number of halogens is 1. The predicted molar refractivity (Wildman–Crippen MR) is 90.0 cm³/mol. The summed E-state index contributed by atoms with van der Waals surface area (Å²) in [4.78, 5) is 0. The molecule has 116 valence electrons. The van der Waals surface area contributed by atoms with E-state index >= 15 is 0 Å². The number of anilines is 1. The zero-order valence-corrected chi connectivity index (χ0v) is 13.2. The molecular weight excluding hydrogens is 298 g/mol. The van der Waals surface area contributed by atoms with Crippen LogP contribution in [0.5, 0.6) is 5.75 Å². The zero-order chi connectivity index (χ0) is 15.5. The van der Waals surface area contributed by atoms with Crippen molar-refractivity contribution in [3.63, 3.8) is 0 Å². The molecule has 4 N–H and O–H groups in total. The van der Waals surface area contributed by atoms with Gasteiger partial charge in [-0.1, -0.05) is 23.7 Å². The van der Waals surface area contributed by atoms with Crippen LogP contribution in [0.1, 0.15) is 23.6 Å². The first-order valence-electron chi connectivity index (χ1n) is 7.37. The standard InChI is InChI=1S/C17H20ClN3O/c1-11-7-13(18)5-6-17(11)22-10-15-9-16(21-20-15)12-3-2-4-14(19)8-12/h2-8,15-16,20-21H,9-10,19H2,1H3. The molecule has 1 aliphatic rings. The van der Waals surface area contributed by atoms with E-state index < -0.39 is 0 Å². The van der Waals surface area contributed by atoms with E-state index in [9.17, 15) is 0 Å². The molecule has 0 aliphatic carbocycles. The van der Waals surface area contributed by atoms with Gasteiger partial charge in [0.15, 0.2) is 0 Å². The lowest BCUT2D eigenvalue weighted by Gasteiger charge is -2.13. The van der Waals surface area contributed by atoms with Gasteiger partial charge < -0.3 is 10.5 Å².